The van der Waals surface area contributed by atoms with Crippen LogP contribution >= 0.6 is 0 Å². The molecule has 1 aromatic rings. The second-order valence-electron chi connectivity index (χ2n) is 2.17. The van der Waals surface area contributed by atoms with Crippen LogP contribution < -0.4 is 4.74 Å². The Labute approximate surface area is 67.3 Å². The maximum atomic E-state index is 5.48. The maximum Gasteiger partial charge on any atom is 0.119 e. The van der Waals surface area contributed by atoms with Crippen molar-refractivity contribution >= 4 is 0 Å². The van der Waals surface area contributed by atoms with E-state index in [1.807, 2.05) is 12.1 Å². The van der Waals surface area contributed by atoms with Gasteiger partial charge in [0.25, 0.3) is 0 Å². The highest BCUT2D eigenvalue weighted by Crippen LogP contribution is 2.10. The van der Waals surface area contributed by atoms with Crippen molar-refractivity contribution in [3.63, 3.8) is 0 Å². The van der Waals surface area contributed by atoms with Gasteiger partial charge in [0.2, 0.25) is 0 Å². The van der Waals surface area contributed by atoms with Gasteiger partial charge in [0.15, 0.2) is 0 Å². The fraction of sp³-hybridized carbons (Fsp3) is 0.100. The van der Waals surface area contributed by atoms with E-state index >= 15 is 0 Å². The Morgan fingerprint density at radius 1 is 1.36 bits per heavy atom. The Balaban J connectivity index is 2.58. The molecule has 56 valence electrons. The van der Waals surface area contributed by atoms with Crippen molar-refractivity contribution in [3.8, 4) is 5.75 Å². The zero-order valence-corrected chi connectivity index (χ0v) is 6.29. The van der Waals surface area contributed by atoms with Crippen LogP contribution in [0.3, 0.4) is 0 Å². The van der Waals surface area contributed by atoms with E-state index < -0.39 is 0 Å². The third-order valence-electron chi connectivity index (χ3n) is 1.25. The Kier molecular flexibility index (Phi) is 2.73. The van der Waals surface area contributed by atoms with E-state index in [4.69, 9.17) is 11.7 Å². The van der Waals surface area contributed by atoms with Gasteiger partial charge in [-0.1, -0.05) is 24.8 Å². The summed E-state index contributed by atoms with van der Waals surface area (Å²) in [5.41, 5.74) is 0.746. The fourth-order valence-electron chi connectivity index (χ4n) is 0.719. The van der Waals surface area contributed by atoms with Crippen LogP contribution in [0.2, 0.25) is 0 Å². The molecule has 1 nitrogen and oxygen atoms in total. The quantitative estimate of drug-likeness (QED) is 0.594. The van der Waals surface area contributed by atoms with Crippen LogP contribution in [0.25, 0.3) is 0 Å². The van der Waals surface area contributed by atoms with E-state index in [9.17, 15) is 0 Å². The van der Waals surface area contributed by atoms with Gasteiger partial charge in [-0.3, -0.25) is 0 Å². The van der Waals surface area contributed by atoms with Gasteiger partial charge >= 0.3 is 0 Å². The summed E-state index contributed by atoms with van der Waals surface area (Å²) in [5.74, 6) is 0.819. The largest absolute Gasteiger partial charge is 0.490 e. The topological polar surface area (TPSA) is 9.23 Å². The monoisotopic (exact) mass is 146 g/mol. The Hall–Kier alpha value is -1.24. The third kappa shape index (κ3) is 2.46. The first-order valence-electron chi connectivity index (χ1n) is 3.42. The molecule has 0 saturated carbocycles. The van der Waals surface area contributed by atoms with Gasteiger partial charge in [-0.2, -0.15) is 0 Å². The van der Waals surface area contributed by atoms with Crippen LogP contribution in [0, 0.1) is 6.92 Å². The van der Waals surface area contributed by atoms with Crippen LogP contribution in [0.1, 0.15) is 5.56 Å². The minimum Gasteiger partial charge on any atom is -0.490 e. The molecule has 0 heterocycles. The highest BCUT2D eigenvalue weighted by molar-refractivity contribution is 5.28. The van der Waals surface area contributed by atoms with Crippen molar-refractivity contribution in [1.29, 1.82) is 0 Å². The van der Waals surface area contributed by atoms with Gasteiger partial charge in [0, 0.05) is 0 Å². The molecule has 0 spiro atoms. The standard InChI is InChI=1S/C10H10O/c1-3-8-11-10-6-4-9(2)5-7-10/h2-7H,1,8H2. The molecule has 0 aromatic heterocycles. The lowest BCUT2D eigenvalue weighted by Gasteiger charge is -2.01. The second kappa shape index (κ2) is 3.81. The predicted molar refractivity (Wildman–Crippen MR) is 45.5 cm³/mol. The molecule has 0 bridgehead atoms. The molecular formula is C10H10O. The molecule has 0 N–H and O–H groups in total. The van der Waals surface area contributed by atoms with Crippen molar-refractivity contribution in [2.75, 3.05) is 6.61 Å². The molecule has 0 aliphatic carbocycles. The molecule has 2 radical (unpaired) electrons. The van der Waals surface area contributed by atoms with E-state index in [2.05, 4.69) is 6.58 Å². The van der Waals surface area contributed by atoms with Crippen molar-refractivity contribution in [2.24, 2.45) is 0 Å². The van der Waals surface area contributed by atoms with E-state index in [-0.39, 0.29) is 0 Å². The van der Waals surface area contributed by atoms with Crippen LogP contribution in [-0.2, 0) is 0 Å². The Morgan fingerprint density at radius 2 is 2.00 bits per heavy atom. The van der Waals surface area contributed by atoms with Gasteiger partial charge in [-0.15, -0.1) is 0 Å². The van der Waals surface area contributed by atoms with E-state index in [0.717, 1.165) is 11.3 Å². The minimum absolute atomic E-state index is 0.532. The first-order valence-corrected chi connectivity index (χ1v) is 3.42. The smallest absolute Gasteiger partial charge is 0.119 e. The predicted octanol–water partition coefficient (Wildman–Crippen LogP) is 2.31. The lowest BCUT2D eigenvalue weighted by Crippen LogP contribution is -1.91. The fourth-order valence-corrected chi connectivity index (χ4v) is 0.719. The lowest BCUT2D eigenvalue weighted by molar-refractivity contribution is 0.363. The summed E-state index contributed by atoms with van der Waals surface area (Å²) >= 11 is 0. The summed E-state index contributed by atoms with van der Waals surface area (Å²) in [6.45, 7) is 9.55. The second-order valence-corrected chi connectivity index (χ2v) is 2.17. The van der Waals surface area contributed by atoms with E-state index in [0.29, 0.717) is 6.61 Å². The summed E-state index contributed by atoms with van der Waals surface area (Å²) in [6.07, 6.45) is 1.70. The number of hydrogen-bond acceptors (Lipinski definition) is 1. The summed E-state index contributed by atoms with van der Waals surface area (Å²) in [6, 6.07) is 7.27. The van der Waals surface area contributed by atoms with Crippen molar-refractivity contribution < 1.29 is 4.74 Å². The normalized spacial score (nSPS) is 9.18. The molecule has 0 aliphatic rings. The Morgan fingerprint density at radius 3 is 2.55 bits per heavy atom. The first kappa shape index (κ1) is 7.86. The molecule has 11 heavy (non-hydrogen) atoms. The summed E-state index contributed by atoms with van der Waals surface area (Å²) in [7, 11) is 0. The number of benzene rings is 1. The average Bonchev–Trinajstić information content (AvgIpc) is 2.04. The zero-order chi connectivity index (χ0) is 8.10. The van der Waals surface area contributed by atoms with Crippen molar-refractivity contribution in [2.45, 2.75) is 0 Å². The summed E-state index contributed by atoms with van der Waals surface area (Å²) in [4.78, 5) is 0. The van der Waals surface area contributed by atoms with Gasteiger partial charge in [-0.25, -0.2) is 0 Å². The van der Waals surface area contributed by atoms with Gasteiger partial charge in [-0.05, 0) is 24.6 Å². The molecule has 1 rings (SSSR count). The maximum absolute atomic E-state index is 5.48. The van der Waals surface area contributed by atoms with Gasteiger partial charge in [0.1, 0.15) is 12.4 Å². The molecule has 0 unspecified atom stereocenters. The molecular weight excluding hydrogens is 136 g/mol. The highest BCUT2D eigenvalue weighted by atomic mass is 16.5. The molecule has 1 heteroatoms. The van der Waals surface area contributed by atoms with Crippen LogP contribution in [0.5, 0.6) is 5.75 Å². The average molecular weight is 146 g/mol. The van der Waals surface area contributed by atoms with Crippen molar-refractivity contribution in [3.05, 3.63) is 49.4 Å². The van der Waals surface area contributed by atoms with Crippen LogP contribution in [-0.4, -0.2) is 6.61 Å². The van der Waals surface area contributed by atoms with Crippen molar-refractivity contribution in [1.82, 2.24) is 0 Å². The highest BCUT2D eigenvalue weighted by Gasteiger charge is 1.88. The molecule has 0 fully saturated rings. The number of hydrogen-bond donors (Lipinski definition) is 0. The molecule has 0 atom stereocenters. The minimum atomic E-state index is 0.532. The molecule has 0 saturated heterocycles. The first-order chi connectivity index (χ1) is 5.33. The number of rotatable bonds is 3. The lowest BCUT2D eigenvalue weighted by atomic mass is 10.2. The SMILES string of the molecule is [CH]c1ccc(OCC=C)cc1. The van der Waals surface area contributed by atoms with Crippen LogP contribution in [0.4, 0.5) is 0 Å². The number of ether oxygens (including phenoxy) is 1. The summed E-state index contributed by atoms with van der Waals surface area (Å²) in [5, 5.41) is 0. The zero-order valence-electron chi connectivity index (χ0n) is 6.29. The Bertz CT molecular complexity index is 223. The van der Waals surface area contributed by atoms with E-state index in [1.165, 1.54) is 0 Å². The van der Waals surface area contributed by atoms with Crippen LogP contribution in [0.15, 0.2) is 36.9 Å². The summed E-state index contributed by atoms with van der Waals surface area (Å²) < 4.78 is 5.24. The van der Waals surface area contributed by atoms with E-state index in [1.54, 1.807) is 18.2 Å². The molecule has 1 aromatic carbocycles. The van der Waals surface area contributed by atoms with Gasteiger partial charge in [0.05, 0.1) is 0 Å². The third-order valence-corrected chi connectivity index (χ3v) is 1.25. The molecule has 0 aliphatic heterocycles. The molecule has 0 amide bonds. The van der Waals surface area contributed by atoms with Gasteiger partial charge < -0.3 is 4.74 Å².